The maximum atomic E-state index is 12.5. The van der Waals surface area contributed by atoms with Gasteiger partial charge in [0, 0.05) is 17.0 Å². The molecule has 2 aromatic rings. The Kier molecular flexibility index (Phi) is 6.34. The predicted octanol–water partition coefficient (Wildman–Crippen LogP) is 4.44. The first-order valence-corrected chi connectivity index (χ1v) is 10.7. The van der Waals surface area contributed by atoms with E-state index in [-0.39, 0.29) is 5.78 Å². The molecular formula is C19H23BrN4O3S. The molecule has 150 valence electrons. The Hall–Kier alpha value is -2.00. The minimum absolute atomic E-state index is 0.0233. The molecule has 2 heterocycles. The smallest absolute Gasteiger partial charge is 0.227 e. The Balaban J connectivity index is 2.18. The third-order valence-electron chi connectivity index (χ3n) is 4.42. The fraction of sp³-hybridized carbons (Fsp3) is 0.421. The maximum Gasteiger partial charge on any atom is 0.227 e. The molecular weight excluding hydrogens is 444 g/mol. The summed E-state index contributed by atoms with van der Waals surface area (Å²) in [5, 5.41) is 8.58. The van der Waals surface area contributed by atoms with Crippen molar-refractivity contribution < 1.29 is 14.3 Å². The van der Waals surface area contributed by atoms with Gasteiger partial charge in [0.15, 0.2) is 17.3 Å². The minimum Gasteiger partial charge on any atom is -0.493 e. The fourth-order valence-electron chi connectivity index (χ4n) is 3.25. The number of carbonyl (C=O) groups is 1. The first-order valence-electron chi connectivity index (χ1n) is 8.90. The van der Waals surface area contributed by atoms with Crippen molar-refractivity contribution in [2.75, 3.05) is 25.3 Å². The number of hydrogen-bond acceptors (Lipinski definition) is 7. The summed E-state index contributed by atoms with van der Waals surface area (Å²) in [6, 6.07) is 3.39. The van der Waals surface area contributed by atoms with Gasteiger partial charge in [-0.3, -0.25) is 4.79 Å². The van der Waals surface area contributed by atoms with Gasteiger partial charge in [0.05, 0.1) is 18.7 Å². The molecule has 1 aromatic carbocycles. The van der Waals surface area contributed by atoms with E-state index in [1.165, 1.54) is 0 Å². The largest absolute Gasteiger partial charge is 0.493 e. The molecule has 0 bridgehead atoms. The molecule has 9 heteroatoms. The lowest BCUT2D eigenvalue weighted by Gasteiger charge is -2.28. The van der Waals surface area contributed by atoms with E-state index in [1.54, 1.807) is 37.6 Å². The molecule has 7 nitrogen and oxygen atoms in total. The number of aromatic nitrogens is 3. The van der Waals surface area contributed by atoms with Gasteiger partial charge >= 0.3 is 0 Å². The average molecular weight is 467 g/mol. The van der Waals surface area contributed by atoms with Crippen molar-refractivity contribution >= 4 is 39.4 Å². The average Bonchev–Trinajstić information content (AvgIpc) is 3.06. The van der Waals surface area contributed by atoms with Crippen LogP contribution in [0.1, 0.15) is 38.8 Å². The number of methoxy groups -OCH3 is 2. The summed E-state index contributed by atoms with van der Waals surface area (Å²) >= 11 is 5.14. The number of hydrogen-bond donors (Lipinski definition) is 1. The molecule has 0 amide bonds. The quantitative estimate of drug-likeness (QED) is 0.604. The number of nitrogens with zero attached hydrogens (tertiary/aromatic N) is 3. The van der Waals surface area contributed by atoms with Gasteiger partial charge in [0.25, 0.3) is 0 Å². The fourth-order valence-corrected chi connectivity index (χ4v) is 4.55. The van der Waals surface area contributed by atoms with Crippen LogP contribution in [0.4, 0.5) is 5.95 Å². The molecule has 0 radical (unpaired) electrons. The van der Waals surface area contributed by atoms with Gasteiger partial charge in [-0.2, -0.15) is 4.98 Å². The van der Waals surface area contributed by atoms with Crippen LogP contribution in [-0.4, -0.2) is 40.5 Å². The van der Waals surface area contributed by atoms with E-state index in [2.05, 4.69) is 38.3 Å². The maximum absolute atomic E-state index is 12.5. The highest BCUT2D eigenvalue weighted by Crippen LogP contribution is 2.42. The molecule has 0 spiro atoms. The lowest BCUT2D eigenvalue weighted by Crippen LogP contribution is -2.27. The van der Waals surface area contributed by atoms with Crippen LogP contribution in [0.25, 0.3) is 0 Å². The molecule has 1 N–H and O–H groups in total. The lowest BCUT2D eigenvalue weighted by molar-refractivity contribution is -0.114. The van der Waals surface area contributed by atoms with E-state index in [9.17, 15) is 4.79 Å². The van der Waals surface area contributed by atoms with Crippen molar-refractivity contribution in [3.63, 3.8) is 0 Å². The zero-order valence-corrected chi connectivity index (χ0v) is 18.9. The van der Waals surface area contributed by atoms with Crippen LogP contribution in [0, 0.1) is 0 Å². The monoisotopic (exact) mass is 466 g/mol. The summed E-state index contributed by atoms with van der Waals surface area (Å²) < 4.78 is 13.4. The molecule has 0 saturated heterocycles. The number of nitrogens with one attached hydrogen (secondary N) is 1. The number of ketones is 1. The van der Waals surface area contributed by atoms with E-state index in [0.29, 0.717) is 28.2 Å². The van der Waals surface area contributed by atoms with Crippen LogP contribution in [-0.2, 0) is 4.79 Å². The summed E-state index contributed by atoms with van der Waals surface area (Å²) in [6.07, 6.45) is 1.03. The summed E-state index contributed by atoms with van der Waals surface area (Å²) in [4.78, 5) is 17.1. The van der Waals surface area contributed by atoms with Gasteiger partial charge < -0.3 is 14.8 Å². The number of fused-ring (bicyclic) bond motifs is 1. The minimum atomic E-state index is -0.409. The van der Waals surface area contributed by atoms with Crippen molar-refractivity contribution in [1.82, 2.24) is 14.8 Å². The second-order valence-electron chi connectivity index (χ2n) is 6.37. The van der Waals surface area contributed by atoms with Crippen molar-refractivity contribution in [2.24, 2.45) is 0 Å². The number of halogens is 1. The second-order valence-corrected chi connectivity index (χ2v) is 8.29. The van der Waals surface area contributed by atoms with Gasteiger partial charge in [0.1, 0.15) is 6.04 Å². The number of allylic oxidation sites excluding steroid dienone is 2. The number of ether oxygens (including phenoxy) is 2. The molecule has 28 heavy (non-hydrogen) atoms. The molecule has 0 saturated carbocycles. The van der Waals surface area contributed by atoms with Crippen LogP contribution in [0.3, 0.4) is 0 Å². The van der Waals surface area contributed by atoms with E-state index >= 15 is 0 Å². The Morgan fingerprint density at radius 1 is 1.36 bits per heavy atom. The molecule has 1 aliphatic rings. The van der Waals surface area contributed by atoms with Gasteiger partial charge in [-0.05, 0) is 53.9 Å². The number of thioether (sulfide) groups is 1. The zero-order chi connectivity index (χ0) is 20.4. The topological polar surface area (TPSA) is 78.3 Å². The van der Waals surface area contributed by atoms with E-state index in [4.69, 9.17) is 9.47 Å². The standard InChI is InChI=1S/C19H23BrN4O3S/c1-6-7-28-19-22-18-21-10(2)15(11(3)25)16(24(18)23-19)12-8-13(20)17(27-5)14(9-12)26-4/h8-9,16H,6-7H2,1-5H3,(H,21,22,23). The van der Waals surface area contributed by atoms with Gasteiger partial charge in [-0.1, -0.05) is 18.7 Å². The van der Waals surface area contributed by atoms with E-state index in [1.807, 2.05) is 19.1 Å². The summed E-state index contributed by atoms with van der Waals surface area (Å²) in [5.41, 5.74) is 2.27. The highest BCUT2D eigenvalue weighted by Gasteiger charge is 2.33. The van der Waals surface area contributed by atoms with Crippen LogP contribution in [0.5, 0.6) is 11.5 Å². The van der Waals surface area contributed by atoms with Crippen molar-refractivity contribution in [1.29, 1.82) is 0 Å². The number of Topliss-reactive ketones (excluding diaryl/α,β-unsaturated/α-hetero) is 1. The highest BCUT2D eigenvalue weighted by molar-refractivity contribution is 9.10. The second kappa shape index (κ2) is 8.57. The normalized spacial score (nSPS) is 15.9. The van der Waals surface area contributed by atoms with Gasteiger partial charge in [0.2, 0.25) is 11.1 Å². The summed E-state index contributed by atoms with van der Waals surface area (Å²) in [7, 11) is 3.18. The lowest BCUT2D eigenvalue weighted by atomic mass is 9.93. The third-order valence-corrected chi connectivity index (χ3v) is 6.05. The number of carbonyl (C=O) groups excluding carboxylic acids is 1. The molecule has 1 aliphatic heterocycles. The summed E-state index contributed by atoms with van der Waals surface area (Å²) in [6.45, 7) is 5.57. The first kappa shape index (κ1) is 20.7. The predicted molar refractivity (Wildman–Crippen MR) is 113 cm³/mol. The van der Waals surface area contributed by atoms with Crippen LogP contribution in [0.2, 0.25) is 0 Å². The third kappa shape index (κ3) is 3.77. The number of benzene rings is 1. The van der Waals surface area contributed by atoms with Crippen molar-refractivity contribution in [3.05, 3.63) is 33.4 Å². The summed E-state index contributed by atoms with van der Waals surface area (Å²) in [5.74, 6) is 2.71. The van der Waals surface area contributed by atoms with E-state index < -0.39 is 6.04 Å². The number of rotatable bonds is 7. The van der Waals surface area contributed by atoms with Crippen LogP contribution in [0.15, 0.2) is 33.0 Å². The Morgan fingerprint density at radius 2 is 2.11 bits per heavy atom. The van der Waals surface area contributed by atoms with Crippen molar-refractivity contribution in [2.45, 2.75) is 38.4 Å². The molecule has 0 aliphatic carbocycles. The molecule has 0 fully saturated rings. The highest BCUT2D eigenvalue weighted by atomic mass is 79.9. The van der Waals surface area contributed by atoms with Gasteiger partial charge in [-0.15, -0.1) is 5.10 Å². The van der Waals surface area contributed by atoms with Crippen LogP contribution < -0.4 is 14.8 Å². The Bertz CT molecular complexity index is 942. The Morgan fingerprint density at radius 3 is 2.71 bits per heavy atom. The zero-order valence-electron chi connectivity index (χ0n) is 16.5. The molecule has 1 atom stereocenters. The number of anilines is 1. The molecule has 3 rings (SSSR count). The Labute approximate surface area is 177 Å². The van der Waals surface area contributed by atoms with E-state index in [0.717, 1.165) is 27.9 Å². The SMILES string of the molecule is CCCSc1nc2n(n1)C(c1cc(Br)c(OC)c(OC)c1)C(C(C)=O)=C(C)N2. The molecule has 1 aromatic heterocycles. The molecule has 1 unspecified atom stereocenters. The van der Waals surface area contributed by atoms with Crippen molar-refractivity contribution in [3.8, 4) is 11.5 Å². The first-order chi connectivity index (χ1) is 13.4. The van der Waals surface area contributed by atoms with Gasteiger partial charge in [-0.25, -0.2) is 4.68 Å². The van der Waals surface area contributed by atoms with Crippen LogP contribution >= 0.6 is 27.7 Å².